The van der Waals surface area contributed by atoms with Gasteiger partial charge in [0.2, 0.25) is 0 Å². The molecule has 0 fully saturated rings. The predicted molar refractivity (Wildman–Crippen MR) is 75.7 cm³/mol. The quantitative estimate of drug-likeness (QED) is 0.934. The van der Waals surface area contributed by atoms with E-state index < -0.39 is 11.5 Å². The molecule has 20 heavy (non-hydrogen) atoms. The Morgan fingerprint density at radius 1 is 1.30 bits per heavy atom. The van der Waals surface area contributed by atoms with Crippen molar-refractivity contribution in [3.8, 4) is 0 Å². The molecule has 0 aliphatic carbocycles. The summed E-state index contributed by atoms with van der Waals surface area (Å²) in [6.07, 6.45) is 1.46. The van der Waals surface area contributed by atoms with E-state index in [0.29, 0.717) is 11.3 Å². The van der Waals surface area contributed by atoms with Crippen molar-refractivity contribution < 1.29 is 4.39 Å². The molecule has 0 aliphatic heterocycles. The number of anilines is 1. The van der Waals surface area contributed by atoms with Gasteiger partial charge in [0.25, 0.3) is 5.56 Å². The number of nitrogens with one attached hydrogen (secondary N) is 1. The zero-order valence-electron chi connectivity index (χ0n) is 11.0. The SMILES string of the molecule is Cn1cc(CNc2ccc(Cl)c(F)c2)c(=O)n(C)c1=O. The van der Waals surface area contributed by atoms with Gasteiger partial charge in [-0.15, -0.1) is 0 Å². The minimum Gasteiger partial charge on any atom is -0.381 e. The largest absolute Gasteiger partial charge is 0.381 e. The summed E-state index contributed by atoms with van der Waals surface area (Å²) in [7, 11) is 2.98. The summed E-state index contributed by atoms with van der Waals surface area (Å²) in [6.45, 7) is 0.182. The van der Waals surface area contributed by atoms with Crippen LogP contribution < -0.4 is 16.6 Å². The molecule has 2 rings (SSSR count). The molecule has 2 aromatic rings. The number of hydrogen-bond acceptors (Lipinski definition) is 3. The maximum atomic E-state index is 13.3. The van der Waals surface area contributed by atoms with E-state index in [2.05, 4.69) is 5.32 Å². The fourth-order valence-corrected chi connectivity index (χ4v) is 1.93. The van der Waals surface area contributed by atoms with Crippen LogP contribution in [0.2, 0.25) is 5.02 Å². The average molecular weight is 298 g/mol. The number of aryl methyl sites for hydroxylation is 1. The first-order valence-electron chi connectivity index (χ1n) is 5.84. The molecule has 1 aromatic heterocycles. The lowest BCUT2D eigenvalue weighted by Gasteiger charge is -2.09. The highest BCUT2D eigenvalue weighted by molar-refractivity contribution is 6.30. The van der Waals surface area contributed by atoms with E-state index in [4.69, 9.17) is 11.6 Å². The molecule has 0 amide bonds. The minimum absolute atomic E-state index is 0.0357. The molecule has 5 nitrogen and oxygen atoms in total. The Bertz CT molecular complexity index is 767. The van der Waals surface area contributed by atoms with Crippen molar-refractivity contribution in [2.45, 2.75) is 6.54 Å². The molecule has 1 aromatic carbocycles. The Balaban J connectivity index is 2.25. The summed E-state index contributed by atoms with van der Waals surface area (Å²) in [6, 6.07) is 4.28. The Morgan fingerprint density at radius 2 is 2.00 bits per heavy atom. The molecule has 0 saturated heterocycles. The van der Waals surface area contributed by atoms with Gasteiger partial charge in [0, 0.05) is 32.5 Å². The predicted octanol–water partition coefficient (Wildman–Crippen LogP) is 1.49. The molecule has 1 heterocycles. The third-order valence-corrected chi connectivity index (χ3v) is 3.23. The van der Waals surface area contributed by atoms with Crippen LogP contribution in [-0.2, 0) is 20.6 Å². The van der Waals surface area contributed by atoms with Crippen LogP contribution in [-0.4, -0.2) is 9.13 Å². The number of halogens is 2. The lowest BCUT2D eigenvalue weighted by molar-refractivity contribution is 0.628. The van der Waals surface area contributed by atoms with Crippen molar-refractivity contribution in [2.24, 2.45) is 14.1 Å². The molecular weight excluding hydrogens is 285 g/mol. The van der Waals surface area contributed by atoms with Crippen LogP contribution in [0.5, 0.6) is 0 Å². The molecule has 0 saturated carbocycles. The highest BCUT2D eigenvalue weighted by atomic mass is 35.5. The molecule has 0 bridgehead atoms. The summed E-state index contributed by atoms with van der Waals surface area (Å²) >= 11 is 5.59. The Labute approximate surface area is 119 Å². The summed E-state index contributed by atoms with van der Waals surface area (Å²) < 4.78 is 15.6. The van der Waals surface area contributed by atoms with Crippen molar-refractivity contribution in [2.75, 3.05) is 5.32 Å². The van der Waals surface area contributed by atoms with Gasteiger partial charge in [-0.05, 0) is 18.2 Å². The topological polar surface area (TPSA) is 56.0 Å². The first-order chi connectivity index (χ1) is 9.40. The van der Waals surface area contributed by atoms with Crippen molar-refractivity contribution in [1.82, 2.24) is 9.13 Å². The maximum Gasteiger partial charge on any atom is 0.330 e. The molecule has 0 aliphatic rings. The number of benzene rings is 1. The van der Waals surface area contributed by atoms with E-state index in [1.54, 1.807) is 13.1 Å². The molecular formula is C13H13ClFN3O2. The van der Waals surface area contributed by atoms with Gasteiger partial charge in [-0.2, -0.15) is 0 Å². The highest BCUT2D eigenvalue weighted by Crippen LogP contribution is 2.18. The molecule has 0 unspecified atom stereocenters. The third kappa shape index (κ3) is 2.75. The van der Waals surface area contributed by atoms with Crippen molar-refractivity contribution in [3.63, 3.8) is 0 Å². The molecule has 1 N–H and O–H groups in total. The zero-order valence-corrected chi connectivity index (χ0v) is 11.7. The number of nitrogens with zero attached hydrogens (tertiary/aromatic N) is 2. The van der Waals surface area contributed by atoms with Gasteiger partial charge in [-0.3, -0.25) is 9.36 Å². The van der Waals surface area contributed by atoms with Crippen LogP contribution in [0.1, 0.15) is 5.56 Å². The van der Waals surface area contributed by atoms with E-state index in [0.717, 1.165) is 4.57 Å². The van der Waals surface area contributed by atoms with Crippen molar-refractivity contribution in [1.29, 1.82) is 0 Å². The monoisotopic (exact) mass is 297 g/mol. The number of rotatable bonds is 3. The van der Waals surface area contributed by atoms with E-state index >= 15 is 0 Å². The van der Waals surface area contributed by atoms with Crippen LogP contribution in [0.3, 0.4) is 0 Å². The fraction of sp³-hybridized carbons (Fsp3) is 0.231. The summed E-state index contributed by atoms with van der Waals surface area (Å²) in [5, 5.41) is 2.95. The molecule has 0 spiro atoms. The maximum absolute atomic E-state index is 13.3. The fourth-order valence-electron chi connectivity index (χ4n) is 1.81. The standard InChI is InChI=1S/C13H13ClFN3O2/c1-17-7-8(12(19)18(2)13(17)20)6-16-9-3-4-10(14)11(15)5-9/h3-5,7,16H,6H2,1-2H3. The van der Waals surface area contributed by atoms with E-state index in [9.17, 15) is 14.0 Å². The summed E-state index contributed by atoms with van der Waals surface area (Å²) in [5.41, 5.74) is 0.138. The summed E-state index contributed by atoms with van der Waals surface area (Å²) in [4.78, 5) is 23.4. The zero-order chi connectivity index (χ0) is 14.9. The number of hydrogen-bond donors (Lipinski definition) is 1. The van der Waals surface area contributed by atoms with Gasteiger partial charge in [0.05, 0.1) is 10.6 Å². The average Bonchev–Trinajstić information content (AvgIpc) is 2.42. The van der Waals surface area contributed by atoms with Crippen LogP contribution in [0.4, 0.5) is 10.1 Å². The molecule has 0 radical (unpaired) electrons. The Hall–Kier alpha value is -2.08. The molecule has 106 valence electrons. The van der Waals surface area contributed by atoms with E-state index in [1.165, 1.54) is 29.9 Å². The minimum atomic E-state index is -0.537. The first-order valence-corrected chi connectivity index (χ1v) is 6.22. The smallest absolute Gasteiger partial charge is 0.330 e. The number of aromatic nitrogens is 2. The second kappa shape index (κ2) is 5.50. The van der Waals surface area contributed by atoms with Crippen LogP contribution in [0.15, 0.2) is 34.0 Å². The van der Waals surface area contributed by atoms with Crippen LogP contribution in [0.25, 0.3) is 0 Å². The second-order valence-corrected chi connectivity index (χ2v) is 4.80. The van der Waals surface area contributed by atoms with Gasteiger partial charge in [0.15, 0.2) is 0 Å². The highest BCUT2D eigenvalue weighted by Gasteiger charge is 2.07. The lowest BCUT2D eigenvalue weighted by Crippen LogP contribution is -2.38. The van der Waals surface area contributed by atoms with E-state index in [1.807, 2.05) is 0 Å². The van der Waals surface area contributed by atoms with Gasteiger partial charge < -0.3 is 9.88 Å². The second-order valence-electron chi connectivity index (χ2n) is 4.39. The first kappa shape index (κ1) is 14.3. The van der Waals surface area contributed by atoms with Crippen molar-refractivity contribution in [3.05, 3.63) is 61.6 Å². The normalized spacial score (nSPS) is 10.6. The molecule has 0 atom stereocenters. The van der Waals surface area contributed by atoms with Gasteiger partial charge in [-0.1, -0.05) is 11.6 Å². The van der Waals surface area contributed by atoms with Gasteiger partial charge in [0.1, 0.15) is 5.82 Å². The van der Waals surface area contributed by atoms with Gasteiger partial charge >= 0.3 is 5.69 Å². The lowest BCUT2D eigenvalue weighted by atomic mass is 10.2. The summed E-state index contributed by atoms with van der Waals surface area (Å²) in [5.74, 6) is -0.537. The molecule has 7 heteroatoms. The third-order valence-electron chi connectivity index (χ3n) is 2.92. The Morgan fingerprint density at radius 3 is 2.65 bits per heavy atom. The van der Waals surface area contributed by atoms with Crippen LogP contribution >= 0.6 is 11.6 Å². The Kier molecular flexibility index (Phi) is 3.94. The van der Waals surface area contributed by atoms with Gasteiger partial charge in [-0.25, -0.2) is 9.18 Å². The van der Waals surface area contributed by atoms with E-state index in [-0.39, 0.29) is 17.1 Å². The van der Waals surface area contributed by atoms with Crippen LogP contribution in [0, 0.1) is 5.82 Å². The van der Waals surface area contributed by atoms with Crippen molar-refractivity contribution >= 4 is 17.3 Å².